The number of hydrogen-bond acceptors (Lipinski definition) is 4. The van der Waals surface area contributed by atoms with Crippen molar-refractivity contribution in [3.05, 3.63) is 63.4 Å². The van der Waals surface area contributed by atoms with E-state index in [9.17, 15) is 9.18 Å². The average Bonchev–Trinajstić information content (AvgIpc) is 3.17. The highest BCUT2D eigenvalue weighted by Crippen LogP contribution is 2.16. The fourth-order valence-electron chi connectivity index (χ4n) is 2.21. The van der Waals surface area contributed by atoms with Gasteiger partial charge < -0.3 is 5.32 Å². The maximum Gasteiger partial charge on any atom is 0.274 e. The Balaban J connectivity index is 1.80. The van der Waals surface area contributed by atoms with Crippen LogP contribution < -0.4 is 5.32 Å². The van der Waals surface area contributed by atoms with Gasteiger partial charge in [0.2, 0.25) is 0 Å². The minimum atomic E-state index is -0.277. The number of carbonyl (C=O) groups is 1. The third-order valence-corrected chi connectivity index (χ3v) is 4.38. The monoisotopic (exact) mass is 330 g/mol. The first-order valence-electron chi connectivity index (χ1n) is 7.05. The topological polar surface area (TPSA) is 59.8 Å². The molecule has 1 amide bonds. The molecule has 0 radical (unpaired) electrons. The molecule has 5 nitrogen and oxygen atoms in total. The molecule has 0 saturated heterocycles. The minimum absolute atomic E-state index is 0.267. The summed E-state index contributed by atoms with van der Waals surface area (Å²) in [7, 11) is 0. The molecule has 3 rings (SSSR count). The minimum Gasteiger partial charge on any atom is -0.346 e. The Bertz CT molecular complexity index is 842. The second-order valence-electron chi connectivity index (χ2n) is 5.13. The Morgan fingerprint density at radius 3 is 2.87 bits per heavy atom. The summed E-state index contributed by atoms with van der Waals surface area (Å²) in [4.78, 5) is 13.3. The van der Waals surface area contributed by atoms with Gasteiger partial charge in [0.25, 0.3) is 5.91 Å². The van der Waals surface area contributed by atoms with Gasteiger partial charge in [-0.25, -0.2) is 9.07 Å². The lowest BCUT2D eigenvalue weighted by atomic mass is 10.2. The first-order valence-corrected chi connectivity index (χ1v) is 7.93. The van der Waals surface area contributed by atoms with Crippen molar-refractivity contribution in [3.8, 4) is 5.69 Å². The van der Waals surface area contributed by atoms with Crippen LogP contribution >= 0.6 is 11.3 Å². The first-order chi connectivity index (χ1) is 11.1. The van der Waals surface area contributed by atoms with Crippen LogP contribution in [0.5, 0.6) is 0 Å². The highest BCUT2D eigenvalue weighted by molar-refractivity contribution is 7.09. The molecule has 2 aromatic heterocycles. The van der Waals surface area contributed by atoms with Gasteiger partial charge in [0.1, 0.15) is 5.82 Å². The van der Waals surface area contributed by atoms with Crippen LogP contribution in [0.3, 0.4) is 0 Å². The predicted octanol–water partition coefficient (Wildman–Crippen LogP) is 3.01. The molecule has 0 spiro atoms. The molecule has 2 heterocycles. The van der Waals surface area contributed by atoms with Crippen LogP contribution in [0.2, 0.25) is 0 Å². The maximum absolute atomic E-state index is 13.4. The second-order valence-corrected chi connectivity index (χ2v) is 6.16. The SMILES string of the molecule is Cc1cc(-n2nnc(C(=O)NCc3cccs3)c2C)ccc1F. The number of halogens is 1. The highest BCUT2D eigenvalue weighted by atomic mass is 32.1. The van der Waals surface area contributed by atoms with Gasteiger partial charge in [0, 0.05) is 4.88 Å². The number of rotatable bonds is 4. The van der Waals surface area contributed by atoms with Crippen LogP contribution in [0.15, 0.2) is 35.7 Å². The number of aromatic nitrogens is 3. The molecule has 0 atom stereocenters. The lowest BCUT2D eigenvalue weighted by molar-refractivity contribution is 0.0945. The normalized spacial score (nSPS) is 10.7. The Morgan fingerprint density at radius 2 is 2.17 bits per heavy atom. The van der Waals surface area contributed by atoms with E-state index in [1.165, 1.54) is 10.7 Å². The fourth-order valence-corrected chi connectivity index (χ4v) is 2.85. The van der Waals surface area contributed by atoms with Crippen molar-refractivity contribution in [2.45, 2.75) is 20.4 Å². The number of carbonyl (C=O) groups excluding carboxylic acids is 1. The van der Waals surface area contributed by atoms with Crippen molar-refractivity contribution < 1.29 is 9.18 Å². The zero-order chi connectivity index (χ0) is 16.4. The van der Waals surface area contributed by atoms with E-state index in [-0.39, 0.29) is 17.4 Å². The number of thiophene rings is 1. The van der Waals surface area contributed by atoms with E-state index in [2.05, 4.69) is 15.6 Å². The molecule has 0 aliphatic rings. The molecule has 1 aromatic carbocycles. The summed E-state index contributed by atoms with van der Waals surface area (Å²) in [6.45, 7) is 3.90. The lowest BCUT2D eigenvalue weighted by Gasteiger charge is -2.06. The second kappa shape index (κ2) is 6.29. The largest absolute Gasteiger partial charge is 0.346 e. The van der Waals surface area contributed by atoms with Crippen molar-refractivity contribution >= 4 is 17.2 Å². The molecule has 1 N–H and O–H groups in total. The van der Waals surface area contributed by atoms with Crippen molar-refractivity contribution in [2.75, 3.05) is 0 Å². The van der Waals surface area contributed by atoms with E-state index in [4.69, 9.17) is 0 Å². The number of benzene rings is 1. The predicted molar refractivity (Wildman–Crippen MR) is 86.3 cm³/mol. The van der Waals surface area contributed by atoms with Gasteiger partial charge in [-0.15, -0.1) is 16.4 Å². The highest BCUT2D eigenvalue weighted by Gasteiger charge is 2.17. The van der Waals surface area contributed by atoms with Crippen molar-refractivity contribution in [2.24, 2.45) is 0 Å². The lowest BCUT2D eigenvalue weighted by Crippen LogP contribution is -2.23. The quantitative estimate of drug-likeness (QED) is 0.800. The summed E-state index contributed by atoms with van der Waals surface area (Å²) in [5.74, 6) is -0.554. The van der Waals surface area contributed by atoms with Crippen LogP contribution in [0.4, 0.5) is 4.39 Å². The molecular formula is C16H15FN4OS. The van der Waals surface area contributed by atoms with Crippen molar-refractivity contribution in [1.82, 2.24) is 20.3 Å². The molecule has 7 heteroatoms. The third-order valence-electron chi connectivity index (χ3n) is 3.50. The van der Waals surface area contributed by atoms with Gasteiger partial charge in [-0.05, 0) is 49.1 Å². The smallest absolute Gasteiger partial charge is 0.274 e. The molecule has 3 aromatic rings. The zero-order valence-electron chi connectivity index (χ0n) is 12.7. The molecule has 118 valence electrons. The van der Waals surface area contributed by atoms with Crippen molar-refractivity contribution in [1.29, 1.82) is 0 Å². The van der Waals surface area contributed by atoms with E-state index in [0.29, 0.717) is 23.5 Å². The Hall–Kier alpha value is -2.54. The molecule has 0 fully saturated rings. The van der Waals surface area contributed by atoms with E-state index in [0.717, 1.165) is 4.88 Å². The average molecular weight is 330 g/mol. The summed E-state index contributed by atoms with van der Waals surface area (Å²) in [6.07, 6.45) is 0. The number of nitrogens with one attached hydrogen (secondary N) is 1. The molecule has 0 saturated carbocycles. The fraction of sp³-hybridized carbons (Fsp3) is 0.188. The number of amides is 1. The molecule has 0 aliphatic heterocycles. The van der Waals surface area contributed by atoms with Gasteiger partial charge in [-0.2, -0.15) is 0 Å². The summed E-state index contributed by atoms with van der Waals surface area (Å²) in [5.41, 5.74) is 2.07. The van der Waals surface area contributed by atoms with Crippen LogP contribution in [-0.2, 0) is 6.54 Å². The molecule has 0 aliphatic carbocycles. The number of hydrogen-bond donors (Lipinski definition) is 1. The van der Waals surface area contributed by atoms with E-state index < -0.39 is 0 Å². The Kier molecular flexibility index (Phi) is 4.20. The summed E-state index contributed by atoms with van der Waals surface area (Å²) >= 11 is 1.58. The van der Waals surface area contributed by atoms with Gasteiger partial charge >= 0.3 is 0 Å². The van der Waals surface area contributed by atoms with Gasteiger partial charge in [-0.1, -0.05) is 11.3 Å². The summed E-state index contributed by atoms with van der Waals surface area (Å²) in [5, 5.41) is 12.7. The van der Waals surface area contributed by atoms with Crippen LogP contribution in [0.25, 0.3) is 5.69 Å². The van der Waals surface area contributed by atoms with Crippen LogP contribution in [0.1, 0.15) is 26.6 Å². The Morgan fingerprint density at radius 1 is 1.35 bits per heavy atom. The van der Waals surface area contributed by atoms with Crippen LogP contribution in [-0.4, -0.2) is 20.9 Å². The zero-order valence-corrected chi connectivity index (χ0v) is 13.5. The van der Waals surface area contributed by atoms with E-state index in [1.807, 2.05) is 17.5 Å². The van der Waals surface area contributed by atoms with E-state index in [1.54, 1.807) is 37.3 Å². The Labute approximate surface area is 136 Å². The van der Waals surface area contributed by atoms with Gasteiger partial charge in [-0.3, -0.25) is 4.79 Å². The number of nitrogens with zero attached hydrogens (tertiary/aromatic N) is 3. The van der Waals surface area contributed by atoms with E-state index >= 15 is 0 Å². The summed E-state index contributed by atoms with van der Waals surface area (Å²) < 4.78 is 14.9. The van der Waals surface area contributed by atoms with Crippen molar-refractivity contribution in [3.63, 3.8) is 0 Å². The molecular weight excluding hydrogens is 315 g/mol. The maximum atomic E-state index is 13.4. The first kappa shape index (κ1) is 15.4. The van der Waals surface area contributed by atoms with Gasteiger partial charge in [0.15, 0.2) is 5.69 Å². The molecule has 23 heavy (non-hydrogen) atoms. The van der Waals surface area contributed by atoms with Crippen LogP contribution in [0, 0.1) is 19.7 Å². The standard InChI is InChI=1S/C16H15FN4OS/c1-10-8-12(5-6-14(10)17)21-11(2)15(19-20-21)16(22)18-9-13-4-3-7-23-13/h3-8H,9H2,1-2H3,(H,18,22). The molecule has 0 unspecified atom stereocenters. The number of aryl methyl sites for hydroxylation is 1. The summed E-state index contributed by atoms with van der Waals surface area (Å²) in [6, 6.07) is 8.55. The van der Waals surface area contributed by atoms with Gasteiger partial charge in [0.05, 0.1) is 17.9 Å². The third kappa shape index (κ3) is 3.14. The molecule has 0 bridgehead atoms.